The normalized spacial score (nSPS) is 17.0. The number of hydroxylamine groups is 2. The van der Waals surface area contributed by atoms with E-state index in [9.17, 15) is 0 Å². The highest BCUT2D eigenvalue weighted by atomic mass is 16.7. The number of nitrogens with zero attached hydrogens (tertiary/aromatic N) is 1. The molecule has 0 aliphatic carbocycles. The molecule has 2 rings (SSSR count). The van der Waals surface area contributed by atoms with Gasteiger partial charge in [-0.15, -0.1) is 0 Å². The van der Waals surface area contributed by atoms with Crippen LogP contribution in [-0.4, -0.2) is 24.8 Å². The van der Waals surface area contributed by atoms with Gasteiger partial charge in [0.1, 0.15) is 5.75 Å². The van der Waals surface area contributed by atoms with Gasteiger partial charge in [-0.05, 0) is 38.0 Å². The van der Waals surface area contributed by atoms with Gasteiger partial charge in [-0.25, -0.2) is 0 Å². The third-order valence-corrected chi connectivity index (χ3v) is 2.81. The van der Waals surface area contributed by atoms with Crippen molar-refractivity contribution in [3.8, 4) is 5.75 Å². The summed E-state index contributed by atoms with van der Waals surface area (Å²) in [5, 5.41) is 1.99. The van der Waals surface area contributed by atoms with E-state index in [0.717, 1.165) is 43.1 Å². The third-order valence-electron chi connectivity index (χ3n) is 2.81. The molecule has 1 aromatic rings. The quantitative estimate of drug-likeness (QED) is 0.814. The van der Waals surface area contributed by atoms with E-state index in [1.165, 1.54) is 6.42 Å². The second-order valence-corrected chi connectivity index (χ2v) is 4.20. The molecule has 0 aromatic heterocycles. The Balaban J connectivity index is 2.08. The van der Waals surface area contributed by atoms with Crippen LogP contribution in [0.25, 0.3) is 0 Å². The van der Waals surface area contributed by atoms with Crippen LogP contribution in [0.2, 0.25) is 0 Å². The Morgan fingerprint density at radius 2 is 2.29 bits per heavy atom. The van der Waals surface area contributed by atoms with Crippen molar-refractivity contribution in [1.29, 1.82) is 0 Å². The number of anilines is 1. The molecule has 4 nitrogen and oxygen atoms in total. The monoisotopic (exact) mass is 236 g/mol. The molecular formula is C13H20N2O2. The van der Waals surface area contributed by atoms with E-state index in [2.05, 4.69) is 0 Å². The number of hydrogen-bond acceptors (Lipinski definition) is 4. The molecule has 0 spiro atoms. The first kappa shape index (κ1) is 12.2. The molecule has 1 heterocycles. The molecule has 0 saturated carbocycles. The average Bonchev–Trinajstić information content (AvgIpc) is 2.34. The summed E-state index contributed by atoms with van der Waals surface area (Å²) < 4.78 is 5.60. The first-order valence-corrected chi connectivity index (χ1v) is 6.18. The van der Waals surface area contributed by atoms with Crippen LogP contribution < -0.4 is 10.5 Å². The molecule has 4 heteroatoms. The molecule has 1 fully saturated rings. The number of nitrogen functional groups attached to an aromatic ring is 1. The van der Waals surface area contributed by atoms with Crippen molar-refractivity contribution in [3.05, 3.63) is 23.8 Å². The van der Waals surface area contributed by atoms with Gasteiger partial charge in [-0.3, -0.25) is 4.84 Å². The molecule has 1 aliphatic heterocycles. The fourth-order valence-electron chi connectivity index (χ4n) is 1.98. The van der Waals surface area contributed by atoms with Gasteiger partial charge in [0.2, 0.25) is 0 Å². The fraction of sp³-hybridized carbons (Fsp3) is 0.538. The Morgan fingerprint density at radius 3 is 3.00 bits per heavy atom. The summed E-state index contributed by atoms with van der Waals surface area (Å²) in [6, 6.07) is 5.76. The van der Waals surface area contributed by atoms with Crippen molar-refractivity contribution in [1.82, 2.24) is 5.06 Å². The maximum atomic E-state index is 5.81. The van der Waals surface area contributed by atoms with E-state index in [1.54, 1.807) is 0 Å². The predicted molar refractivity (Wildman–Crippen MR) is 67.6 cm³/mol. The van der Waals surface area contributed by atoms with E-state index in [-0.39, 0.29) is 0 Å². The smallest absolute Gasteiger partial charge is 0.124 e. The highest BCUT2D eigenvalue weighted by Crippen LogP contribution is 2.24. The first-order chi connectivity index (χ1) is 8.29. The number of ether oxygens (including phenoxy) is 1. The number of benzene rings is 1. The van der Waals surface area contributed by atoms with Gasteiger partial charge in [0, 0.05) is 17.8 Å². The summed E-state index contributed by atoms with van der Waals surface area (Å²) in [6.07, 6.45) is 2.33. The van der Waals surface area contributed by atoms with Gasteiger partial charge in [0.05, 0.1) is 19.8 Å². The molecule has 0 radical (unpaired) electrons. The van der Waals surface area contributed by atoms with Gasteiger partial charge in [-0.1, -0.05) is 0 Å². The molecule has 1 aliphatic rings. The largest absolute Gasteiger partial charge is 0.494 e. The summed E-state index contributed by atoms with van der Waals surface area (Å²) in [5.41, 5.74) is 7.67. The highest BCUT2D eigenvalue weighted by molar-refractivity contribution is 5.47. The zero-order chi connectivity index (χ0) is 12.1. The molecule has 0 amide bonds. The van der Waals surface area contributed by atoms with Gasteiger partial charge >= 0.3 is 0 Å². The first-order valence-electron chi connectivity index (χ1n) is 6.18. The molecular weight excluding hydrogens is 216 g/mol. The Bertz CT molecular complexity index is 362. The van der Waals surface area contributed by atoms with Gasteiger partial charge in [0.15, 0.2) is 0 Å². The van der Waals surface area contributed by atoms with Crippen LogP contribution in [0.4, 0.5) is 5.69 Å². The van der Waals surface area contributed by atoms with Crippen molar-refractivity contribution < 1.29 is 9.57 Å². The van der Waals surface area contributed by atoms with Gasteiger partial charge in [0.25, 0.3) is 0 Å². The summed E-state index contributed by atoms with van der Waals surface area (Å²) in [7, 11) is 0. The minimum atomic E-state index is 0.664. The van der Waals surface area contributed by atoms with Crippen molar-refractivity contribution in [3.63, 3.8) is 0 Å². The van der Waals surface area contributed by atoms with Crippen LogP contribution in [0.3, 0.4) is 0 Å². The molecule has 2 N–H and O–H groups in total. The second kappa shape index (κ2) is 5.89. The molecule has 0 bridgehead atoms. The maximum absolute atomic E-state index is 5.81. The zero-order valence-electron chi connectivity index (χ0n) is 10.3. The lowest BCUT2D eigenvalue weighted by Gasteiger charge is -2.26. The van der Waals surface area contributed by atoms with Crippen molar-refractivity contribution in [2.75, 3.05) is 25.5 Å². The van der Waals surface area contributed by atoms with Crippen molar-refractivity contribution >= 4 is 5.69 Å². The number of rotatable bonds is 4. The summed E-state index contributed by atoms with van der Waals surface area (Å²) in [6.45, 7) is 5.17. The van der Waals surface area contributed by atoms with Gasteiger partial charge in [-0.2, -0.15) is 5.06 Å². The van der Waals surface area contributed by atoms with Crippen LogP contribution >= 0.6 is 0 Å². The molecule has 94 valence electrons. The number of nitrogens with two attached hydrogens (primary N) is 1. The van der Waals surface area contributed by atoms with E-state index in [4.69, 9.17) is 15.3 Å². The Labute approximate surface area is 102 Å². The molecule has 1 saturated heterocycles. The van der Waals surface area contributed by atoms with E-state index in [0.29, 0.717) is 6.61 Å². The minimum Gasteiger partial charge on any atom is -0.494 e. The summed E-state index contributed by atoms with van der Waals surface area (Å²) >= 11 is 0. The minimum absolute atomic E-state index is 0.664. The third kappa shape index (κ3) is 3.35. The SMILES string of the molecule is CCOc1ccc(N)cc1CN1CCCCO1. The topological polar surface area (TPSA) is 47.7 Å². The van der Waals surface area contributed by atoms with Crippen LogP contribution in [0.1, 0.15) is 25.3 Å². The van der Waals surface area contributed by atoms with Crippen LogP contribution in [0, 0.1) is 0 Å². The van der Waals surface area contributed by atoms with E-state index < -0.39 is 0 Å². The second-order valence-electron chi connectivity index (χ2n) is 4.20. The summed E-state index contributed by atoms with van der Waals surface area (Å²) in [4.78, 5) is 5.59. The maximum Gasteiger partial charge on any atom is 0.124 e. The Kier molecular flexibility index (Phi) is 4.23. The summed E-state index contributed by atoms with van der Waals surface area (Å²) in [5.74, 6) is 0.899. The fourth-order valence-corrected chi connectivity index (χ4v) is 1.98. The Hall–Kier alpha value is -1.26. The van der Waals surface area contributed by atoms with Crippen molar-refractivity contribution in [2.45, 2.75) is 26.3 Å². The standard InChI is InChI=1S/C13H20N2O2/c1-2-16-13-6-5-12(14)9-11(13)10-15-7-3-4-8-17-15/h5-6,9H,2-4,7-8,10,14H2,1H3. The zero-order valence-corrected chi connectivity index (χ0v) is 10.3. The molecule has 0 atom stereocenters. The molecule has 0 unspecified atom stereocenters. The highest BCUT2D eigenvalue weighted by Gasteiger charge is 2.14. The van der Waals surface area contributed by atoms with Crippen molar-refractivity contribution in [2.24, 2.45) is 0 Å². The lowest BCUT2D eigenvalue weighted by Crippen LogP contribution is -2.29. The van der Waals surface area contributed by atoms with E-state index in [1.807, 2.05) is 30.2 Å². The van der Waals surface area contributed by atoms with Crippen LogP contribution in [-0.2, 0) is 11.4 Å². The number of hydrogen-bond donors (Lipinski definition) is 1. The Morgan fingerprint density at radius 1 is 1.41 bits per heavy atom. The molecule has 17 heavy (non-hydrogen) atoms. The lowest BCUT2D eigenvalue weighted by atomic mass is 10.1. The van der Waals surface area contributed by atoms with Crippen LogP contribution in [0.5, 0.6) is 5.75 Å². The lowest BCUT2D eigenvalue weighted by molar-refractivity contribution is -0.187. The molecule has 1 aromatic carbocycles. The van der Waals surface area contributed by atoms with E-state index >= 15 is 0 Å². The van der Waals surface area contributed by atoms with Gasteiger partial charge < -0.3 is 10.5 Å². The van der Waals surface area contributed by atoms with Crippen LogP contribution in [0.15, 0.2) is 18.2 Å². The predicted octanol–water partition coefficient (Wildman–Crippen LogP) is 2.19. The average molecular weight is 236 g/mol.